The Morgan fingerprint density at radius 2 is 1.52 bits per heavy atom. The summed E-state index contributed by atoms with van der Waals surface area (Å²) < 4.78 is 15.3. The summed E-state index contributed by atoms with van der Waals surface area (Å²) in [6, 6.07) is 8.27. The first-order valence-corrected chi connectivity index (χ1v) is 8.66. The van der Waals surface area contributed by atoms with Gasteiger partial charge in [-0.15, -0.1) is 0 Å². The van der Waals surface area contributed by atoms with Crippen LogP contribution >= 0.6 is 0 Å². The van der Waals surface area contributed by atoms with Crippen LogP contribution in [0.4, 0.5) is 0 Å². The molecule has 1 aromatic rings. The van der Waals surface area contributed by atoms with Crippen LogP contribution in [0.1, 0.15) is 56.3 Å². The van der Waals surface area contributed by atoms with Gasteiger partial charge in [0.05, 0.1) is 25.2 Å². The highest BCUT2D eigenvalue weighted by Crippen LogP contribution is 2.10. The van der Waals surface area contributed by atoms with Crippen molar-refractivity contribution in [1.82, 2.24) is 0 Å². The van der Waals surface area contributed by atoms with Gasteiger partial charge in [0.2, 0.25) is 6.10 Å². The van der Waals surface area contributed by atoms with Gasteiger partial charge in [-0.3, -0.25) is 4.79 Å². The molecule has 138 valence electrons. The van der Waals surface area contributed by atoms with Gasteiger partial charge in [-0.25, -0.2) is 9.59 Å². The Balaban J connectivity index is 2.67. The maximum absolute atomic E-state index is 12.1. The third-order valence-electron chi connectivity index (χ3n) is 3.38. The second kappa shape index (κ2) is 12.1. The molecular formula is C19H26O6. The SMILES string of the molecule is CCCCOC(=O)C[C@H](OC(=O)c1ccccc1)C(=O)OCCCC. The number of esters is 3. The zero-order chi connectivity index (χ0) is 18.5. The molecule has 0 saturated carbocycles. The van der Waals surface area contributed by atoms with Crippen molar-refractivity contribution in [3.63, 3.8) is 0 Å². The van der Waals surface area contributed by atoms with Crippen LogP contribution in [0.2, 0.25) is 0 Å². The van der Waals surface area contributed by atoms with E-state index in [4.69, 9.17) is 14.2 Å². The smallest absolute Gasteiger partial charge is 0.348 e. The van der Waals surface area contributed by atoms with Gasteiger partial charge in [-0.05, 0) is 25.0 Å². The molecule has 6 nitrogen and oxygen atoms in total. The fourth-order valence-corrected chi connectivity index (χ4v) is 1.90. The molecule has 0 heterocycles. The molecule has 6 heteroatoms. The number of unbranched alkanes of at least 4 members (excludes halogenated alkanes) is 2. The van der Waals surface area contributed by atoms with Crippen LogP contribution in [-0.2, 0) is 23.8 Å². The molecule has 0 fully saturated rings. The van der Waals surface area contributed by atoms with Gasteiger partial charge in [-0.2, -0.15) is 0 Å². The molecule has 1 aromatic carbocycles. The van der Waals surface area contributed by atoms with Gasteiger partial charge in [0.1, 0.15) is 0 Å². The van der Waals surface area contributed by atoms with E-state index in [9.17, 15) is 14.4 Å². The van der Waals surface area contributed by atoms with E-state index in [0.717, 1.165) is 19.3 Å². The van der Waals surface area contributed by atoms with Gasteiger partial charge in [0.15, 0.2) is 0 Å². The Kier molecular flexibility index (Phi) is 9.97. The van der Waals surface area contributed by atoms with Crippen molar-refractivity contribution in [3.8, 4) is 0 Å². The molecule has 0 unspecified atom stereocenters. The van der Waals surface area contributed by atoms with Gasteiger partial charge >= 0.3 is 17.9 Å². The molecule has 0 spiro atoms. The quantitative estimate of drug-likeness (QED) is 0.346. The highest BCUT2D eigenvalue weighted by molar-refractivity contribution is 5.92. The minimum Gasteiger partial charge on any atom is -0.466 e. The second-order valence-electron chi connectivity index (χ2n) is 5.56. The molecule has 0 saturated heterocycles. The number of rotatable bonds is 11. The van der Waals surface area contributed by atoms with Crippen molar-refractivity contribution in [2.75, 3.05) is 13.2 Å². The number of hydrogen-bond donors (Lipinski definition) is 0. The van der Waals surface area contributed by atoms with Crippen LogP contribution in [0.15, 0.2) is 30.3 Å². The molecule has 0 bridgehead atoms. The van der Waals surface area contributed by atoms with Crippen molar-refractivity contribution in [2.24, 2.45) is 0 Å². The Labute approximate surface area is 148 Å². The first kappa shape index (κ1) is 20.7. The lowest BCUT2D eigenvalue weighted by atomic mass is 10.2. The highest BCUT2D eigenvalue weighted by Gasteiger charge is 2.28. The van der Waals surface area contributed by atoms with Crippen LogP contribution in [0, 0.1) is 0 Å². The zero-order valence-corrected chi connectivity index (χ0v) is 14.9. The lowest BCUT2D eigenvalue weighted by molar-refractivity contribution is -0.160. The van der Waals surface area contributed by atoms with E-state index in [-0.39, 0.29) is 19.6 Å². The van der Waals surface area contributed by atoms with Gasteiger partial charge in [-0.1, -0.05) is 44.9 Å². The van der Waals surface area contributed by atoms with Crippen LogP contribution in [0.5, 0.6) is 0 Å². The average molecular weight is 350 g/mol. The summed E-state index contributed by atoms with van der Waals surface area (Å²) >= 11 is 0. The number of benzene rings is 1. The van der Waals surface area contributed by atoms with E-state index < -0.39 is 24.0 Å². The molecule has 0 aliphatic carbocycles. The van der Waals surface area contributed by atoms with E-state index in [0.29, 0.717) is 12.0 Å². The van der Waals surface area contributed by atoms with Crippen LogP contribution in [-0.4, -0.2) is 37.2 Å². The minimum atomic E-state index is -1.31. The molecule has 0 aliphatic heterocycles. The van der Waals surface area contributed by atoms with Crippen molar-refractivity contribution >= 4 is 17.9 Å². The summed E-state index contributed by atoms with van der Waals surface area (Å²) in [5.41, 5.74) is 0.299. The van der Waals surface area contributed by atoms with E-state index >= 15 is 0 Å². The average Bonchev–Trinajstić information content (AvgIpc) is 2.62. The normalized spacial score (nSPS) is 11.4. The number of carbonyl (C=O) groups is 3. The van der Waals surface area contributed by atoms with Crippen LogP contribution in [0.25, 0.3) is 0 Å². The monoisotopic (exact) mass is 350 g/mol. The van der Waals surface area contributed by atoms with Gasteiger partial charge in [0.25, 0.3) is 0 Å². The van der Waals surface area contributed by atoms with Gasteiger partial charge in [0, 0.05) is 0 Å². The largest absolute Gasteiger partial charge is 0.466 e. The second-order valence-corrected chi connectivity index (χ2v) is 5.56. The molecule has 0 radical (unpaired) electrons. The fourth-order valence-electron chi connectivity index (χ4n) is 1.90. The maximum Gasteiger partial charge on any atom is 0.348 e. The van der Waals surface area contributed by atoms with E-state index in [1.54, 1.807) is 30.3 Å². The topological polar surface area (TPSA) is 78.9 Å². The van der Waals surface area contributed by atoms with Crippen molar-refractivity contribution in [3.05, 3.63) is 35.9 Å². The maximum atomic E-state index is 12.1. The lowest BCUT2D eigenvalue weighted by Crippen LogP contribution is -2.32. The molecule has 0 N–H and O–H groups in total. The van der Waals surface area contributed by atoms with Gasteiger partial charge < -0.3 is 14.2 Å². The molecule has 25 heavy (non-hydrogen) atoms. The molecule has 0 aliphatic rings. The number of ether oxygens (including phenoxy) is 3. The Bertz CT molecular complexity index is 540. The van der Waals surface area contributed by atoms with Crippen LogP contribution in [0.3, 0.4) is 0 Å². The lowest BCUT2D eigenvalue weighted by Gasteiger charge is -2.16. The molecule has 1 atom stereocenters. The summed E-state index contributed by atoms with van der Waals surface area (Å²) in [4.78, 5) is 36.2. The summed E-state index contributed by atoms with van der Waals surface area (Å²) in [6.45, 7) is 4.44. The summed E-state index contributed by atoms with van der Waals surface area (Å²) in [6.07, 6.45) is 1.53. The van der Waals surface area contributed by atoms with Crippen LogP contribution < -0.4 is 0 Å². The molecule has 0 amide bonds. The predicted molar refractivity (Wildman–Crippen MR) is 92.0 cm³/mol. The first-order chi connectivity index (χ1) is 12.1. The molecular weight excluding hydrogens is 324 g/mol. The number of hydrogen-bond acceptors (Lipinski definition) is 6. The predicted octanol–water partition coefficient (Wildman–Crippen LogP) is 3.29. The molecule has 0 aromatic heterocycles. The molecule has 1 rings (SSSR count). The Hall–Kier alpha value is -2.37. The third kappa shape index (κ3) is 8.33. The minimum absolute atomic E-state index is 0.222. The third-order valence-corrected chi connectivity index (χ3v) is 3.38. The Morgan fingerprint density at radius 3 is 2.12 bits per heavy atom. The number of carbonyl (C=O) groups excluding carboxylic acids is 3. The zero-order valence-electron chi connectivity index (χ0n) is 14.9. The first-order valence-electron chi connectivity index (χ1n) is 8.66. The highest BCUT2D eigenvalue weighted by atomic mass is 16.6. The van der Waals surface area contributed by atoms with Crippen molar-refractivity contribution in [2.45, 2.75) is 52.1 Å². The summed E-state index contributed by atoms with van der Waals surface area (Å²) in [7, 11) is 0. The van der Waals surface area contributed by atoms with E-state index in [1.807, 2.05) is 13.8 Å². The van der Waals surface area contributed by atoms with Crippen molar-refractivity contribution in [1.29, 1.82) is 0 Å². The van der Waals surface area contributed by atoms with E-state index in [2.05, 4.69) is 0 Å². The summed E-state index contributed by atoms with van der Waals surface area (Å²) in [5.74, 6) is -2.00. The van der Waals surface area contributed by atoms with E-state index in [1.165, 1.54) is 0 Å². The van der Waals surface area contributed by atoms with Crippen molar-refractivity contribution < 1.29 is 28.6 Å². The standard InChI is InChI=1S/C19H26O6/c1-3-5-12-23-17(20)14-16(19(22)24-13-6-4-2)25-18(21)15-10-8-7-9-11-15/h7-11,16H,3-6,12-14H2,1-2H3/t16-/m0/s1. The fraction of sp³-hybridized carbons (Fsp3) is 0.526. The Morgan fingerprint density at radius 1 is 0.920 bits per heavy atom. The summed E-state index contributed by atoms with van der Waals surface area (Å²) in [5, 5.41) is 0.